The molecule has 0 fully saturated rings. The van der Waals surface area contributed by atoms with Crippen molar-refractivity contribution in [2.45, 2.75) is 18.3 Å². The maximum atomic E-state index is 13.2. The van der Waals surface area contributed by atoms with Crippen molar-refractivity contribution in [3.05, 3.63) is 63.8 Å². The maximum Gasteiger partial charge on any atom is 0.278 e. The second-order valence-electron chi connectivity index (χ2n) is 8.04. The standard InChI is InChI=1S/C25H27ClIN7O2/c1-4-34(5-2)10-11-36-18-8-6-17(7-9-18)30-25-29-15-20-23(32-25)33(3)24(35)22(31-20)21-16(12-27)13-28-14-19(21)26/h6-9,13-15H,4-5,10-12H2,1-3H3,(H,29,30,32). The summed E-state index contributed by atoms with van der Waals surface area (Å²) >= 11 is 8.61. The molecule has 9 nitrogen and oxygen atoms in total. The first kappa shape index (κ1) is 26.2. The van der Waals surface area contributed by atoms with Crippen LogP contribution in [-0.4, -0.2) is 55.6 Å². The Morgan fingerprint density at radius 3 is 2.56 bits per heavy atom. The van der Waals surface area contributed by atoms with Crippen molar-refractivity contribution in [1.29, 1.82) is 0 Å². The van der Waals surface area contributed by atoms with E-state index in [1.807, 2.05) is 24.3 Å². The molecule has 0 saturated carbocycles. The normalized spacial score (nSPS) is 11.3. The Balaban J connectivity index is 1.55. The van der Waals surface area contributed by atoms with Crippen LogP contribution < -0.4 is 15.6 Å². The second-order valence-corrected chi connectivity index (χ2v) is 9.21. The van der Waals surface area contributed by atoms with Gasteiger partial charge in [-0.05, 0) is 42.9 Å². The van der Waals surface area contributed by atoms with Gasteiger partial charge in [0.15, 0.2) is 5.65 Å². The third-order valence-corrected chi connectivity index (χ3v) is 6.96. The number of hydrogen-bond donors (Lipinski definition) is 1. The molecule has 0 unspecified atom stereocenters. The number of fused-ring (bicyclic) bond motifs is 1. The van der Waals surface area contributed by atoms with E-state index in [1.165, 1.54) is 10.8 Å². The molecule has 0 amide bonds. The zero-order chi connectivity index (χ0) is 25.7. The summed E-state index contributed by atoms with van der Waals surface area (Å²) in [6.07, 6.45) is 4.81. The van der Waals surface area contributed by atoms with Gasteiger partial charge in [0, 0.05) is 41.7 Å². The Bertz CT molecular complexity index is 1410. The van der Waals surface area contributed by atoms with E-state index in [2.05, 4.69) is 66.6 Å². The largest absolute Gasteiger partial charge is 0.492 e. The zero-order valence-electron chi connectivity index (χ0n) is 20.3. The van der Waals surface area contributed by atoms with Gasteiger partial charge >= 0.3 is 0 Å². The van der Waals surface area contributed by atoms with E-state index >= 15 is 0 Å². The van der Waals surface area contributed by atoms with Crippen LogP contribution in [0, 0.1) is 0 Å². The van der Waals surface area contributed by atoms with Crippen LogP contribution in [0.25, 0.3) is 22.4 Å². The summed E-state index contributed by atoms with van der Waals surface area (Å²) in [4.78, 5) is 33.1. The number of benzene rings is 1. The van der Waals surface area contributed by atoms with Gasteiger partial charge in [0.25, 0.3) is 5.56 Å². The van der Waals surface area contributed by atoms with Gasteiger partial charge in [0.2, 0.25) is 5.95 Å². The highest BCUT2D eigenvalue weighted by Crippen LogP contribution is 2.29. The van der Waals surface area contributed by atoms with Crippen LogP contribution >= 0.6 is 34.2 Å². The number of likely N-dealkylation sites (N-methyl/N-ethyl adjacent to an activating group) is 1. The molecular formula is C25H27ClIN7O2. The molecule has 0 aliphatic rings. The molecule has 4 aromatic rings. The number of hydrogen-bond acceptors (Lipinski definition) is 8. The molecule has 3 heterocycles. The average Bonchev–Trinajstić information content (AvgIpc) is 2.90. The topological polar surface area (TPSA) is 98.1 Å². The van der Waals surface area contributed by atoms with Crippen molar-refractivity contribution in [3.63, 3.8) is 0 Å². The maximum absolute atomic E-state index is 13.2. The first-order chi connectivity index (χ1) is 17.4. The number of ether oxygens (including phenoxy) is 1. The summed E-state index contributed by atoms with van der Waals surface area (Å²) < 4.78 is 7.95. The van der Waals surface area contributed by atoms with Crippen molar-refractivity contribution >= 4 is 57.0 Å². The highest BCUT2D eigenvalue weighted by Gasteiger charge is 2.18. The van der Waals surface area contributed by atoms with Gasteiger partial charge in [-0.2, -0.15) is 4.98 Å². The van der Waals surface area contributed by atoms with Crippen molar-refractivity contribution < 1.29 is 4.74 Å². The number of anilines is 2. The van der Waals surface area contributed by atoms with Gasteiger partial charge in [-0.1, -0.05) is 48.0 Å². The summed E-state index contributed by atoms with van der Waals surface area (Å²) in [6, 6.07) is 7.60. The fraction of sp³-hybridized carbons (Fsp3) is 0.320. The minimum absolute atomic E-state index is 0.255. The summed E-state index contributed by atoms with van der Waals surface area (Å²) in [6.45, 7) is 7.82. The molecule has 0 aliphatic carbocycles. The van der Waals surface area contributed by atoms with Gasteiger partial charge in [-0.25, -0.2) is 9.97 Å². The third kappa shape index (κ3) is 5.76. The fourth-order valence-corrected chi connectivity index (χ4v) is 4.62. The summed E-state index contributed by atoms with van der Waals surface area (Å²) in [5.41, 5.74) is 3.09. The van der Waals surface area contributed by atoms with Crippen LogP contribution in [0.5, 0.6) is 5.75 Å². The van der Waals surface area contributed by atoms with Crippen LogP contribution in [0.15, 0.2) is 47.7 Å². The lowest BCUT2D eigenvalue weighted by atomic mass is 10.1. The number of rotatable bonds is 10. The SMILES string of the molecule is CCN(CC)CCOc1ccc(Nc2ncc3nc(-c4c(Cl)cncc4CI)c(=O)n(C)c3n2)cc1. The highest BCUT2D eigenvalue weighted by atomic mass is 127. The fourth-order valence-electron chi connectivity index (χ4n) is 3.78. The van der Waals surface area contributed by atoms with Crippen LogP contribution in [0.4, 0.5) is 11.6 Å². The quantitative estimate of drug-likeness (QED) is 0.199. The van der Waals surface area contributed by atoms with E-state index in [0.29, 0.717) is 38.7 Å². The molecule has 1 N–H and O–H groups in total. The monoisotopic (exact) mass is 619 g/mol. The lowest BCUT2D eigenvalue weighted by molar-refractivity contribution is 0.223. The third-order valence-electron chi connectivity index (χ3n) is 5.85. The molecule has 3 aromatic heterocycles. The van der Waals surface area contributed by atoms with Gasteiger partial charge in [0.1, 0.15) is 23.6 Å². The predicted molar refractivity (Wildman–Crippen MR) is 152 cm³/mol. The van der Waals surface area contributed by atoms with Crippen molar-refractivity contribution in [1.82, 2.24) is 29.4 Å². The van der Waals surface area contributed by atoms with E-state index in [1.54, 1.807) is 19.4 Å². The van der Waals surface area contributed by atoms with Crippen LogP contribution in [0.3, 0.4) is 0 Å². The van der Waals surface area contributed by atoms with Crippen LogP contribution in [0.1, 0.15) is 19.4 Å². The smallest absolute Gasteiger partial charge is 0.278 e. The van der Waals surface area contributed by atoms with Gasteiger partial charge in [0.05, 0.1) is 11.2 Å². The first-order valence-electron chi connectivity index (χ1n) is 11.6. The molecule has 188 valence electrons. The van der Waals surface area contributed by atoms with E-state index < -0.39 is 0 Å². The molecule has 11 heteroatoms. The highest BCUT2D eigenvalue weighted by molar-refractivity contribution is 14.1. The molecule has 0 bridgehead atoms. The Morgan fingerprint density at radius 1 is 1.11 bits per heavy atom. The molecule has 4 rings (SSSR count). The number of aromatic nitrogens is 5. The van der Waals surface area contributed by atoms with Gasteiger partial charge in [-0.15, -0.1) is 0 Å². The molecule has 0 atom stereocenters. The Labute approximate surface area is 228 Å². The number of halogens is 2. The minimum atomic E-state index is -0.294. The van der Waals surface area contributed by atoms with E-state index in [4.69, 9.17) is 16.3 Å². The molecule has 0 aliphatic heterocycles. The van der Waals surface area contributed by atoms with Crippen LogP contribution in [0.2, 0.25) is 5.02 Å². The molecular weight excluding hydrogens is 593 g/mol. The number of nitrogens with one attached hydrogen (secondary N) is 1. The number of aryl methyl sites for hydroxylation is 1. The zero-order valence-corrected chi connectivity index (χ0v) is 23.2. The molecule has 36 heavy (non-hydrogen) atoms. The Morgan fingerprint density at radius 2 is 1.86 bits per heavy atom. The lowest BCUT2D eigenvalue weighted by Gasteiger charge is -2.18. The molecule has 0 radical (unpaired) electrons. The molecule has 0 saturated heterocycles. The Kier molecular flexibility index (Phi) is 8.70. The Hall–Kier alpha value is -2.83. The average molecular weight is 620 g/mol. The first-order valence-corrected chi connectivity index (χ1v) is 13.5. The van der Waals surface area contributed by atoms with Crippen molar-refractivity contribution in [2.24, 2.45) is 7.05 Å². The molecule has 0 spiro atoms. The van der Waals surface area contributed by atoms with Crippen molar-refractivity contribution in [2.75, 3.05) is 31.6 Å². The minimum Gasteiger partial charge on any atom is -0.492 e. The number of pyridine rings is 1. The second kappa shape index (κ2) is 11.9. The van der Waals surface area contributed by atoms with E-state index in [-0.39, 0.29) is 11.3 Å². The van der Waals surface area contributed by atoms with E-state index in [0.717, 1.165) is 36.6 Å². The summed E-state index contributed by atoms with van der Waals surface area (Å²) in [5, 5.41) is 3.56. The van der Waals surface area contributed by atoms with Gasteiger partial charge in [-0.3, -0.25) is 14.3 Å². The van der Waals surface area contributed by atoms with Gasteiger partial charge < -0.3 is 15.0 Å². The lowest BCUT2D eigenvalue weighted by Crippen LogP contribution is -2.27. The summed E-state index contributed by atoms with van der Waals surface area (Å²) in [7, 11) is 1.66. The molecule has 1 aromatic carbocycles. The number of alkyl halides is 1. The predicted octanol–water partition coefficient (Wildman–Crippen LogP) is 4.84. The summed E-state index contributed by atoms with van der Waals surface area (Å²) in [5.74, 6) is 1.16. The van der Waals surface area contributed by atoms with Crippen LogP contribution in [-0.2, 0) is 11.5 Å². The van der Waals surface area contributed by atoms with E-state index in [9.17, 15) is 4.79 Å². The number of nitrogens with zero attached hydrogens (tertiary/aromatic N) is 6. The van der Waals surface area contributed by atoms with Crippen molar-refractivity contribution in [3.8, 4) is 17.0 Å².